The molecule has 1 aliphatic carbocycles. The Morgan fingerprint density at radius 3 is 2.55 bits per heavy atom. The Bertz CT molecular complexity index is 1530. The number of fused-ring (bicyclic) bond motifs is 2. The predicted molar refractivity (Wildman–Crippen MR) is 141 cm³/mol. The van der Waals surface area contributed by atoms with Crippen LogP contribution in [0, 0.1) is 18.6 Å². The van der Waals surface area contributed by atoms with E-state index in [0.29, 0.717) is 65.3 Å². The maximum Gasteiger partial charge on any atom is 0.335 e. The molecule has 1 saturated carbocycles. The van der Waals surface area contributed by atoms with Crippen LogP contribution in [0.4, 0.5) is 8.78 Å². The summed E-state index contributed by atoms with van der Waals surface area (Å²) < 4.78 is 43.8. The number of aromatic nitrogens is 3. The van der Waals surface area contributed by atoms with Crippen molar-refractivity contribution >= 4 is 27.8 Å². The highest BCUT2D eigenvalue weighted by Crippen LogP contribution is 2.49. The molecule has 2 aromatic carbocycles. The number of H-pyrrole nitrogens is 1. The van der Waals surface area contributed by atoms with E-state index in [2.05, 4.69) is 10.2 Å². The van der Waals surface area contributed by atoms with E-state index in [1.807, 2.05) is 24.5 Å². The Labute approximate surface area is 219 Å². The topological polar surface area (TPSA) is 89.4 Å². The van der Waals surface area contributed by atoms with Gasteiger partial charge in [0, 0.05) is 41.8 Å². The number of hydrogen-bond donors (Lipinski definition) is 2. The maximum absolute atomic E-state index is 16.4. The highest BCUT2D eigenvalue weighted by molar-refractivity contribution is 6.00. The number of ether oxygens (including phenoxy) is 2. The van der Waals surface area contributed by atoms with Crippen LogP contribution in [0.3, 0.4) is 0 Å². The molecule has 0 unspecified atom stereocenters. The number of carbonyl (C=O) groups is 1. The first kappa shape index (κ1) is 26.3. The first-order valence-corrected chi connectivity index (χ1v) is 12.8. The fourth-order valence-corrected chi connectivity index (χ4v) is 6.24. The molecule has 38 heavy (non-hydrogen) atoms. The minimum atomic E-state index is -1.25. The second-order valence-electron chi connectivity index (χ2n) is 11.0. The number of benzene rings is 2. The van der Waals surface area contributed by atoms with Crippen molar-refractivity contribution in [1.82, 2.24) is 14.8 Å². The van der Waals surface area contributed by atoms with E-state index in [4.69, 9.17) is 9.47 Å². The molecule has 2 N–H and O–H groups in total. The van der Waals surface area contributed by atoms with Crippen molar-refractivity contribution in [3.05, 3.63) is 58.9 Å². The summed E-state index contributed by atoms with van der Waals surface area (Å²) in [4.78, 5) is 12.0. The molecule has 9 heteroatoms. The van der Waals surface area contributed by atoms with Crippen molar-refractivity contribution in [2.75, 3.05) is 20.8 Å². The number of carboxylic acids is 1. The molecule has 0 atom stereocenters. The van der Waals surface area contributed by atoms with Crippen LogP contribution >= 0.6 is 0 Å². The lowest BCUT2D eigenvalue weighted by atomic mass is 9.73. The summed E-state index contributed by atoms with van der Waals surface area (Å²) in [5.74, 6) is -1.82. The van der Waals surface area contributed by atoms with Gasteiger partial charge in [-0.1, -0.05) is 13.8 Å². The molecule has 0 bridgehead atoms. The molecular formula is C29H33F2N3O4. The maximum atomic E-state index is 16.4. The van der Waals surface area contributed by atoms with E-state index in [-0.39, 0.29) is 11.7 Å². The quantitative estimate of drug-likeness (QED) is 0.302. The van der Waals surface area contributed by atoms with Crippen molar-refractivity contribution in [3.8, 4) is 5.69 Å². The van der Waals surface area contributed by atoms with Crippen molar-refractivity contribution in [2.24, 2.45) is 0 Å². The van der Waals surface area contributed by atoms with Gasteiger partial charge in [0.2, 0.25) is 0 Å². The highest BCUT2D eigenvalue weighted by atomic mass is 19.1. The van der Waals surface area contributed by atoms with Gasteiger partial charge in [-0.05, 0) is 73.9 Å². The molecule has 1 fully saturated rings. The van der Waals surface area contributed by atoms with Crippen LogP contribution in [0.1, 0.15) is 62.3 Å². The second kappa shape index (κ2) is 9.47. The minimum Gasteiger partial charge on any atom is -0.479 e. The Balaban J connectivity index is 1.85. The number of rotatable bonds is 7. The molecular weight excluding hydrogens is 492 g/mol. The Hall–Kier alpha value is -3.30. The smallest absolute Gasteiger partial charge is 0.335 e. The molecule has 2 heterocycles. The van der Waals surface area contributed by atoms with Crippen LogP contribution in [0.5, 0.6) is 0 Å². The van der Waals surface area contributed by atoms with E-state index in [0.717, 1.165) is 11.3 Å². The molecule has 0 aliphatic heterocycles. The first-order chi connectivity index (χ1) is 18.0. The van der Waals surface area contributed by atoms with Crippen molar-refractivity contribution in [2.45, 2.75) is 63.4 Å². The Kier molecular flexibility index (Phi) is 6.55. The van der Waals surface area contributed by atoms with E-state index in [9.17, 15) is 14.3 Å². The number of aliphatic carboxylic acids is 1. The lowest BCUT2D eigenvalue weighted by Crippen LogP contribution is -2.43. The number of aryl methyl sites for hydroxylation is 1. The van der Waals surface area contributed by atoms with Gasteiger partial charge in [-0.15, -0.1) is 0 Å². The molecule has 202 valence electrons. The minimum absolute atomic E-state index is 0.121. The van der Waals surface area contributed by atoms with Gasteiger partial charge in [0.25, 0.3) is 0 Å². The summed E-state index contributed by atoms with van der Waals surface area (Å²) in [5.41, 5.74) is 2.04. The number of nitrogens with one attached hydrogen (secondary N) is 1. The summed E-state index contributed by atoms with van der Waals surface area (Å²) in [7, 11) is 3.06. The largest absolute Gasteiger partial charge is 0.479 e. The molecule has 4 aromatic rings. The Morgan fingerprint density at radius 2 is 1.95 bits per heavy atom. The van der Waals surface area contributed by atoms with Crippen molar-refractivity contribution < 1.29 is 28.2 Å². The fourth-order valence-electron chi connectivity index (χ4n) is 6.24. The zero-order chi connectivity index (χ0) is 27.4. The van der Waals surface area contributed by atoms with Crippen LogP contribution in [0.15, 0.2) is 30.5 Å². The molecule has 1 aliphatic rings. The molecule has 2 aromatic heterocycles. The number of halogens is 2. The number of carboxylic acid groups (broad SMARTS) is 1. The molecule has 7 nitrogen and oxygen atoms in total. The number of methoxy groups -OCH3 is 2. The van der Waals surface area contributed by atoms with E-state index >= 15 is 4.39 Å². The van der Waals surface area contributed by atoms with Crippen LogP contribution in [0.25, 0.3) is 27.5 Å². The first-order valence-electron chi connectivity index (χ1n) is 12.8. The van der Waals surface area contributed by atoms with Gasteiger partial charge in [0.1, 0.15) is 11.3 Å². The van der Waals surface area contributed by atoms with E-state index < -0.39 is 22.8 Å². The van der Waals surface area contributed by atoms with Gasteiger partial charge in [-0.3, -0.25) is 5.10 Å². The number of aromatic amines is 1. The third-order valence-electron chi connectivity index (χ3n) is 8.17. The van der Waals surface area contributed by atoms with E-state index in [1.165, 1.54) is 13.2 Å². The van der Waals surface area contributed by atoms with Crippen LogP contribution in [0.2, 0.25) is 0 Å². The average molecular weight is 526 g/mol. The lowest BCUT2D eigenvalue weighted by Gasteiger charge is -2.37. The van der Waals surface area contributed by atoms with Gasteiger partial charge in [0.05, 0.1) is 18.3 Å². The average Bonchev–Trinajstić information content (AvgIpc) is 3.49. The van der Waals surface area contributed by atoms with Gasteiger partial charge >= 0.3 is 5.97 Å². The number of hydrogen-bond acceptors (Lipinski definition) is 4. The molecule has 0 radical (unpaired) electrons. The summed E-state index contributed by atoms with van der Waals surface area (Å²) in [6, 6.07) is 6.81. The zero-order valence-electron chi connectivity index (χ0n) is 22.3. The summed E-state index contributed by atoms with van der Waals surface area (Å²) in [6.07, 6.45) is 3.23. The van der Waals surface area contributed by atoms with Crippen molar-refractivity contribution in [1.29, 1.82) is 0 Å². The van der Waals surface area contributed by atoms with Gasteiger partial charge < -0.3 is 19.1 Å². The molecule has 5 rings (SSSR count). The van der Waals surface area contributed by atoms with Gasteiger partial charge in [-0.25, -0.2) is 13.6 Å². The van der Waals surface area contributed by atoms with Crippen LogP contribution < -0.4 is 0 Å². The molecule has 0 saturated heterocycles. The fraction of sp³-hybridized carbons (Fsp3) is 0.448. The standard InChI is InChI=1S/C29H33F2N3O4/c1-16-12-19(6-7-20(16)30)34-21-13-18-14-32-33-25(18)24(31)23(21)22(26(34)28(2,3)15-37-4)17-8-10-29(38-5,11-9-17)27(35)36/h6-7,12-14,17H,8-11,15H2,1-5H3,(H,32,33)(H,35,36). The highest BCUT2D eigenvalue weighted by Gasteiger charge is 2.45. The van der Waals surface area contributed by atoms with E-state index in [1.54, 1.807) is 32.4 Å². The summed E-state index contributed by atoms with van der Waals surface area (Å²) >= 11 is 0. The molecule has 0 amide bonds. The van der Waals surface area contributed by atoms with Crippen molar-refractivity contribution in [3.63, 3.8) is 0 Å². The zero-order valence-corrected chi connectivity index (χ0v) is 22.3. The third-order valence-corrected chi connectivity index (χ3v) is 8.17. The summed E-state index contributed by atoms with van der Waals surface area (Å²) in [5, 5.41) is 17.8. The van der Waals surface area contributed by atoms with Crippen LogP contribution in [-0.4, -0.2) is 52.3 Å². The van der Waals surface area contributed by atoms with Gasteiger partial charge in [-0.2, -0.15) is 5.10 Å². The molecule has 0 spiro atoms. The predicted octanol–water partition coefficient (Wildman–Crippen LogP) is 6.14. The van der Waals surface area contributed by atoms with Crippen LogP contribution in [-0.2, 0) is 19.7 Å². The second-order valence-corrected chi connectivity index (χ2v) is 11.0. The van der Waals surface area contributed by atoms with Gasteiger partial charge in [0.15, 0.2) is 11.4 Å². The number of nitrogens with zero attached hydrogens (tertiary/aromatic N) is 2. The third kappa shape index (κ3) is 3.99. The summed E-state index contributed by atoms with van der Waals surface area (Å²) in [6.45, 7) is 6.16. The lowest BCUT2D eigenvalue weighted by molar-refractivity contribution is -0.166. The normalized spacial score (nSPS) is 20.4. The monoisotopic (exact) mass is 525 g/mol. The SMILES string of the molecule is COCC(C)(C)c1c(C2CCC(OC)(C(=O)O)CC2)c2c(F)c3[nH]ncc3cc2n1-c1ccc(F)c(C)c1. The Morgan fingerprint density at radius 1 is 1.24 bits per heavy atom.